The molecular formula is C20H23NO4. The van der Waals surface area contributed by atoms with Gasteiger partial charge in [0.15, 0.2) is 0 Å². The molecule has 0 aliphatic carbocycles. The fraction of sp³-hybridized carbons (Fsp3) is 0.300. The van der Waals surface area contributed by atoms with Crippen LogP contribution >= 0.6 is 0 Å². The number of nitrogens with one attached hydrogen (secondary N) is 1. The Morgan fingerprint density at radius 1 is 1.04 bits per heavy atom. The molecule has 0 bridgehead atoms. The van der Waals surface area contributed by atoms with Crippen LogP contribution in [0.1, 0.15) is 31.9 Å². The van der Waals surface area contributed by atoms with Gasteiger partial charge < -0.3 is 15.2 Å². The highest BCUT2D eigenvalue weighted by atomic mass is 16.5. The first-order valence-electron chi connectivity index (χ1n) is 8.18. The molecule has 0 heterocycles. The van der Waals surface area contributed by atoms with E-state index in [1.165, 1.54) is 0 Å². The lowest BCUT2D eigenvalue weighted by atomic mass is 9.89. The van der Waals surface area contributed by atoms with Crippen molar-refractivity contribution >= 4 is 11.9 Å². The minimum absolute atomic E-state index is 0.264. The number of hydrogen-bond donors (Lipinski definition) is 2. The Balaban J connectivity index is 2.07. The number of carbonyl (C=O) groups excluding carboxylic acids is 1. The smallest absolute Gasteiger partial charge is 0.309 e. The number of rotatable bonds is 8. The third kappa shape index (κ3) is 5.35. The first kappa shape index (κ1) is 18.5. The summed E-state index contributed by atoms with van der Waals surface area (Å²) in [6.07, 6.45) is -0.461. The molecule has 5 heteroatoms. The van der Waals surface area contributed by atoms with Crippen molar-refractivity contribution in [1.82, 2.24) is 5.32 Å². The molecule has 0 radical (unpaired) electrons. The molecule has 5 nitrogen and oxygen atoms in total. The van der Waals surface area contributed by atoms with Crippen LogP contribution in [0.5, 0.6) is 5.75 Å². The van der Waals surface area contributed by atoms with E-state index in [2.05, 4.69) is 5.32 Å². The summed E-state index contributed by atoms with van der Waals surface area (Å²) in [6.45, 7) is 3.53. The zero-order valence-electron chi connectivity index (χ0n) is 14.4. The lowest BCUT2D eigenvalue weighted by Crippen LogP contribution is -2.36. The van der Waals surface area contributed by atoms with Crippen molar-refractivity contribution in [2.75, 3.05) is 6.54 Å². The van der Waals surface area contributed by atoms with Gasteiger partial charge in [0, 0.05) is 12.1 Å². The fourth-order valence-corrected chi connectivity index (χ4v) is 2.23. The van der Waals surface area contributed by atoms with Crippen molar-refractivity contribution in [2.24, 2.45) is 5.41 Å². The molecule has 1 atom stereocenters. The van der Waals surface area contributed by atoms with Gasteiger partial charge in [-0.05, 0) is 32.4 Å². The Morgan fingerprint density at radius 3 is 2.16 bits per heavy atom. The average Bonchev–Trinajstić information content (AvgIpc) is 2.61. The van der Waals surface area contributed by atoms with Crippen LogP contribution in [0.3, 0.4) is 0 Å². The van der Waals surface area contributed by atoms with E-state index < -0.39 is 17.5 Å². The molecule has 132 valence electrons. The zero-order chi connectivity index (χ0) is 18.3. The Kier molecular flexibility index (Phi) is 6.17. The summed E-state index contributed by atoms with van der Waals surface area (Å²) in [7, 11) is 0. The van der Waals surface area contributed by atoms with Gasteiger partial charge in [-0.15, -0.1) is 0 Å². The number of benzene rings is 2. The molecule has 1 amide bonds. The van der Waals surface area contributed by atoms with Crippen molar-refractivity contribution in [1.29, 1.82) is 0 Å². The van der Waals surface area contributed by atoms with Crippen molar-refractivity contribution in [3.8, 4) is 5.75 Å². The van der Waals surface area contributed by atoms with Crippen LogP contribution in [0.4, 0.5) is 0 Å². The SMILES string of the molecule is CC(C)(CCNC(=O)C(Oc1ccccc1)c1ccccc1)C(=O)O. The molecule has 0 fully saturated rings. The van der Waals surface area contributed by atoms with Crippen molar-refractivity contribution in [3.05, 3.63) is 66.2 Å². The van der Waals surface area contributed by atoms with Gasteiger partial charge in [-0.3, -0.25) is 9.59 Å². The molecule has 0 spiro atoms. The van der Waals surface area contributed by atoms with E-state index >= 15 is 0 Å². The summed E-state index contributed by atoms with van der Waals surface area (Å²) in [5.41, 5.74) is -0.156. The highest BCUT2D eigenvalue weighted by Gasteiger charge is 2.28. The standard InChI is InChI=1S/C20H23NO4/c1-20(2,19(23)24)13-14-21-18(22)17(15-9-5-3-6-10-15)25-16-11-7-4-8-12-16/h3-12,17H,13-14H2,1-2H3,(H,21,22)(H,23,24). The maximum atomic E-state index is 12.6. The molecule has 1 unspecified atom stereocenters. The monoisotopic (exact) mass is 341 g/mol. The molecule has 2 N–H and O–H groups in total. The van der Waals surface area contributed by atoms with E-state index in [0.717, 1.165) is 5.56 Å². The van der Waals surface area contributed by atoms with Crippen LogP contribution in [0.25, 0.3) is 0 Å². The van der Waals surface area contributed by atoms with Crippen LogP contribution < -0.4 is 10.1 Å². The van der Waals surface area contributed by atoms with Gasteiger partial charge in [-0.25, -0.2) is 0 Å². The molecule has 0 aliphatic rings. The molecule has 25 heavy (non-hydrogen) atoms. The molecule has 2 rings (SSSR count). The van der Waals surface area contributed by atoms with Crippen LogP contribution in [-0.2, 0) is 9.59 Å². The highest BCUT2D eigenvalue weighted by molar-refractivity contribution is 5.82. The largest absolute Gasteiger partial charge is 0.481 e. The van der Waals surface area contributed by atoms with Gasteiger partial charge in [-0.1, -0.05) is 48.5 Å². The van der Waals surface area contributed by atoms with E-state index in [9.17, 15) is 9.59 Å². The van der Waals surface area contributed by atoms with E-state index in [1.807, 2.05) is 48.5 Å². The Morgan fingerprint density at radius 2 is 1.60 bits per heavy atom. The van der Waals surface area contributed by atoms with Crippen LogP contribution in [0, 0.1) is 5.41 Å². The Bertz CT molecular complexity index is 698. The van der Waals surface area contributed by atoms with Crippen LogP contribution in [0.15, 0.2) is 60.7 Å². The van der Waals surface area contributed by atoms with E-state index in [1.54, 1.807) is 26.0 Å². The van der Waals surface area contributed by atoms with Gasteiger partial charge in [0.2, 0.25) is 6.10 Å². The lowest BCUT2D eigenvalue weighted by molar-refractivity contribution is -0.147. The molecule has 2 aromatic rings. The van der Waals surface area contributed by atoms with Crippen molar-refractivity contribution < 1.29 is 19.4 Å². The van der Waals surface area contributed by atoms with E-state index in [0.29, 0.717) is 12.2 Å². The average molecular weight is 341 g/mol. The number of carboxylic acids is 1. The molecule has 0 aliphatic heterocycles. The maximum absolute atomic E-state index is 12.6. The molecule has 2 aromatic carbocycles. The summed E-state index contributed by atoms with van der Waals surface area (Å²) in [5, 5.41) is 11.9. The quantitative estimate of drug-likeness (QED) is 0.771. The van der Waals surface area contributed by atoms with Gasteiger partial charge in [0.25, 0.3) is 5.91 Å². The zero-order valence-corrected chi connectivity index (χ0v) is 14.4. The van der Waals surface area contributed by atoms with Crippen molar-refractivity contribution in [2.45, 2.75) is 26.4 Å². The minimum atomic E-state index is -0.893. The summed E-state index contributed by atoms with van der Waals surface area (Å²) in [5.74, 6) is -0.587. The van der Waals surface area contributed by atoms with Crippen LogP contribution in [0.2, 0.25) is 0 Å². The lowest BCUT2D eigenvalue weighted by Gasteiger charge is -2.22. The number of carboxylic acid groups (broad SMARTS) is 1. The number of carbonyl (C=O) groups is 2. The second-order valence-corrected chi connectivity index (χ2v) is 6.45. The number of aliphatic carboxylic acids is 1. The van der Waals surface area contributed by atoms with Gasteiger partial charge in [0.05, 0.1) is 5.41 Å². The van der Waals surface area contributed by atoms with Gasteiger partial charge >= 0.3 is 5.97 Å². The summed E-state index contributed by atoms with van der Waals surface area (Å²) in [4.78, 5) is 23.8. The predicted molar refractivity (Wildman–Crippen MR) is 95.3 cm³/mol. The topological polar surface area (TPSA) is 75.6 Å². The number of amides is 1. The predicted octanol–water partition coefficient (Wildman–Crippen LogP) is 3.42. The Hall–Kier alpha value is -2.82. The molecule has 0 saturated heterocycles. The van der Waals surface area contributed by atoms with Crippen LogP contribution in [-0.4, -0.2) is 23.5 Å². The minimum Gasteiger partial charge on any atom is -0.481 e. The molecular weight excluding hydrogens is 318 g/mol. The van der Waals surface area contributed by atoms with E-state index in [4.69, 9.17) is 9.84 Å². The third-order valence-corrected chi connectivity index (χ3v) is 3.97. The van der Waals surface area contributed by atoms with Gasteiger partial charge in [-0.2, -0.15) is 0 Å². The first-order valence-corrected chi connectivity index (χ1v) is 8.18. The normalized spacial score (nSPS) is 12.2. The number of ether oxygens (including phenoxy) is 1. The highest BCUT2D eigenvalue weighted by Crippen LogP contribution is 2.23. The maximum Gasteiger partial charge on any atom is 0.309 e. The Labute approximate surface area is 147 Å². The first-order chi connectivity index (χ1) is 11.9. The summed E-state index contributed by atoms with van der Waals surface area (Å²) < 4.78 is 5.86. The number of para-hydroxylation sites is 1. The molecule has 0 saturated carbocycles. The molecule has 0 aromatic heterocycles. The second-order valence-electron chi connectivity index (χ2n) is 6.45. The van der Waals surface area contributed by atoms with Crippen molar-refractivity contribution in [3.63, 3.8) is 0 Å². The fourth-order valence-electron chi connectivity index (χ4n) is 2.23. The number of hydrogen-bond acceptors (Lipinski definition) is 3. The summed E-state index contributed by atoms with van der Waals surface area (Å²) >= 11 is 0. The van der Waals surface area contributed by atoms with E-state index in [-0.39, 0.29) is 12.5 Å². The summed E-state index contributed by atoms with van der Waals surface area (Å²) in [6, 6.07) is 18.3. The van der Waals surface area contributed by atoms with Gasteiger partial charge in [0.1, 0.15) is 5.75 Å². The third-order valence-electron chi connectivity index (χ3n) is 3.97. The second kappa shape index (κ2) is 8.33.